The van der Waals surface area contributed by atoms with Gasteiger partial charge in [-0.3, -0.25) is 4.90 Å². The van der Waals surface area contributed by atoms with Crippen LogP contribution in [0.1, 0.15) is 17.9 Å². The molecule has 1 unspecified atom stereocenters. The zero-order valence-electron chi connectivity index (χ0n) is 15.1. The molecule has 0 spiro atoms. The third-order valence-corrected chi connectivity index (χ3v) is 5.24. The SMILES string of the molecule is COc1cccnc1N1CCN(CCC2COc3ccccc32)CC1.Cl. The van der Waals surface area contributed by atoms with E-state index in [1.807, 2.05) is 24.4 Å². The number of hydrogen-bond acceptors (Lipinski definition) is 5. The van der Waals surface area contributed by atoms with E-state index in [-0.39, 0.29) is 12.4 Å². The molecule has 2 aliphatic heterocycles. The minimum absolute atomic E-state index is 0. The lowest BCUT2D eigenvalue weighted by Crippen LogP contribution is -2.47. The van der Waals surface area contributed by atoms with Gasteiger partial charge in [-0.1, -0.05) is 18.2 Å². The zero-order valence-corrected chi connectivity index (χ0v) is 16.0. The van der Waals surface area contributed by atoms with Crippen molar-refractivity contribution < 1.29 is 9.47 Å². The maximum absolute atomic E-state index is 5.80. The van der Waals surface area contributed by atoms with Crippen molar-refractivity contribution in [3.05, 3.63) is 48.2 Å². The van der Waals surface area contributed by atoms with Crippen molar-refractivity contribution >= 4 is 18.2 Å². The topological polar surface area (TPSA) is 37.8 Å². The number of halogens is 1. The van der Waals surface area contributed by atoms with Gasteiger partial charge in [0.2, 0.25) is 0 Å². The second-order valence-corrected chi connectivity index (χ2v) is 6.69. The Hall–Kier alpha value is -1.98. The molecule has 0 radical (unpaired) electrons. The lowest BCUT2D eigenvalue weighted by Gasteiger charge is -2.36. The van der Waals surface area contributed by atoms with Gasteiger partial charge in [-0.25, -0.2) is 4.98 Å². The second kappa shape index (κ2) is 8.60. The van der Waals surface area contributed by atoms with Crippen molar-refractivity contribution in [2.45, 2.75) is 12.3 Å². The van der Waals surface area contributed by atoms with Crippen LogP contribution >= 0.6 is 12.4 Å². The van der Waals surface area contributed by atoms with Crippen molar-refractivity contribution in [1.82, 2.24) is 9.88 Å². The normalized spacial score (nSPS) is 19.4. The highest BCUT2D eigenvalue weighted by Gasteiger charge is 2.25. The van der Waals surface area contributed by atoms with Crippen LogP contribution in [0.15, 0.2) is 42.6 Å². The molecule has 1 aromatic carbocycles. The average molecular weight is 376 g/mol. The number of ether oxygens (including phenoxy) is 2. The summed E-state index contributed by atoms with van der Waals surface area (Å²) in [4.78, 5) is 9.37. The third-order valence-electron chi connectivity index (χ3n) is 5.24. The number of hydrogen-bond donors (Lipinski definition) is 0. The van der Waals surface area contributed by atoms with Gasteiger partial charge in [0.15, 0.2) is 11.6 Å². The third kappa shape index (κ3) is 3.89. The number of pyridine rings is 1. The van der Waals surface area contributed by atoms with Gasteiger partial charge < -0.3 is 14.4 Å². The Balaban J connectivity index is 0.00000196. The van der Waals surface area contributed by atoms with Gasteiger partial charge in [0.25, 0.3) is 0 Å². The number of nitrogens with zero attached hydrogens (tertiary/aromatic N) is 3. The highest BCUT2D eigenvalue weighted by molar-refractivity contribution is 5.85. The smallest absolute Gasteiger partial charge is 0.171 e. The fourth-order valence-electron chi connectivity index (χ4n) is 3.77. The molecule has 1 fully saturated rings. The highest BCUT2D eigenvalue weighted by Crippen LogP contribution is 2.35. The van der Waals surface area contributed by atoms with E-state index >= 15 is 0 Å². The molecule has 4 rings (SSSR count). The predicted octanol–water partition coefficient (Wildman–Crippen LogP) is 3.20. The Morgan fingerprint density at radius 2 is 1.92 bits per heavy atom. The van der Waals surface area contributed by atoms with E-state index in [1.54, 1.807) is 7.11 Å². The summed E-state index contributed by atoms with van der Waals surface area (Å²) in [6.45, 7) is 6.06. The number of anilines is 1. The van der Waals surface area contributed by atoms with E-state index in [0.717, 1.165) is 63.1 Å². The monoisotopic (exact) mass is 375 g/mol. The van der Waals surface area contributed by atoms with E-state index in [2.05, 4.69) is 33.0 Å². The first kappa shape index (κ1) is 18.8. The van der Waals surface area contributed by atoms with Crippen molar-refractivity contribution in [2.75, 3.05) is 51.3 Å². The first-order chi connectivity index (χ1) is 12.3. The van der Waals surface area contributed by atoms with Gasteiger partial charge in [0.1, 0.15) is 5.75 Å². The molecule has 0 amide bonds. The van der Waals surface area contributed by atoms with Crippen LogP contribution < -0.4 is 14.4 Å². The van der Waals surface area contributed by atoms with Crippen molar-refractivity contribution in [3.8, 4) is 11.5 Å². The minimum Gasteiger partial charge on any atom is -0.493 e. The van der Waals surface area contributed by atoms with Crippen LogP contribution in [0.4, 0.5) is 5.82 Å². The van der Waals surface area contributed by atoms with Gasteiger partial charge in [-0.2, -0.15) is 0 Å². The summed E-state index contributed by atoms with van der Waals surface area (Å²) in [7, 11) is 1.71. The number of fused-ring (bicyclic) bond motifs is 1. The summed E-state index contributed by atoms with van der Waals surface area (Å²) < 4.78 is 11.2. The van der Waals surface area contributed by atoms with Crippen LogP contribution in [0.25, 0.3) is 0 Å². The molecule has 140 valence electrons. The quantitative estimate of drug-likeness (QED) is 0.802. The summed E-state index contributed by atoms with van der Waals surface area (Å²) in [5.74, 6) is 3.42. The molecule has 0 saturated carbocycles. The second-order valence-electron chi connectivity index (χ2n) is 6.69. The summed E-state index contributed by atoms with van der Waals surface area (Å²) in [5, 5.41) is 0. The van der Waals surface area contributed by atoms with Crippen molar-refractivity contribution in [2.24, 2.45) is 0 Å². The molecule has 0 N–H and O–H groups in total. The highest BCUT2D eigenvalue weighted by atomic mass is 35.5. The zero-order chi connectivity index (χ0) is 17.1. The minimum atomic E-state index is 0. The molecule has 0 bridgehead atoms. The maximum Gasteiger partial charge on any atom is 0.171 e. The summed E-state index contributed by atoms with van der Waals surface area (Å²) in [6.07, 6.45) is 2.99. The standard InChI is InChI=1S/C20H25N3O2.ClH/c1-24-19-7-4-9-21-20(19)23-13-11-22(12-14-23)10-8-16-15-25-18-6-3-2-5-17(16)18;/h2-7,9,16H,8,10-15H2,1H3;1H. The van der Waals surface area contributed by atoms with Gasteiger partial charge in [0.05, 0.1) is 13.7 Å². The Morgan fingerprint density at radius 3 is 2.73 bits per heavy atom. The van der Waals surface area contributed by atoms with Crippen LogP contribution in [0, 0.1) is 0 Å². The lowest BCUT2D eigenvalue weighted by molar-refractivity contribution is 0.237. The Morgan fingerprint density at radius 1 is 1.12 bits per heavy atom. The number of benzene rings is 1. The Labute approximate surface area is 161 Å². The van der Waals surface area contributed by atoms with Gasteiger partial charge in [0, 0.05) is 43.9 Å². The molecule has 1 atom stereocenters. The van der Waals surface area contributed by atoms with Crippen molar-refractivity contribution in [3.63, 3.8) is 0 Å². The molecule has 2 aromatic rings. The molecule has 1 saturated heterocycles. The van der Waals surface area contributed by atoms with Gasteiger partial charge >= 0.3 is 0 Å². The predicted molar refractivity (Wildman–Crippen MR) is 106 cm³/mol. The van der Waals surface area contributed by atoms with Crippen LogP contribution in [-0.4, -0.2) is 56.3 Å². The molecular weight excluding hydrogens is 350 g/mol. The number of rotatable bonds is 5. The number of methoxy groups -OCH3 is 1. The molecule has 2 aliphatic rings. The van der Waals surface area contributed by atoms with E-state index in [1.165, 1.54) is 5.56 Å². The van der Waals surface area contributed by atoms with Gasteiger partial charge in [-0.05, 0) is 31.2 Å². The van der Waals surface area contributed by atoms with E-state index in [9.17, 15) is 0 Å². The largest absolute Gasteiger partial charge is 0.493 e. The van der Waals surface area contributed by atoms with Crippen LogP contribution in [0.3, 0.4) is 0 Å². The number of para-hydroxylation sites is 1. The van der Waals surface area contributed by atoms with Crippen LogP contribution in [0.2, 0.25) is 0 Å². The first-order valence-electron chi connectivity index (χ1n) is 9.03. The van der Waals surface area contributed by atoms with Crippen molar-refractivity contribution in [1.29, 1.82) is 0 Å². The molecule has 5 nitrogen and oxygen atoms in total. The Bertz CT molecular complexity index is 720. The fraction of sp³-hybridized carbons (Fsp3) is 0.450. The molecular formula is C20H26ClN3O2. The fourth-order valence-corrected chi connectivity index (χ4v) is 3.77. The first-order valence-corrected chi connectivity index (χ1v) is 9.03. The number of piperazine rings is 1. The molecule has 6 heteroatoms. The van der Waals surface area contributed by atoms with E-state index in [4.69, 9.17) is 9.47 Å². The average Bonchev–Trinajstić information content (AvgIpc) is 3.10. The number of aromatic nitrogens is 1. The molecule has 26 heavy (non-hydrogen) atoms. The van der Waals surface area contributed by atoms with Gasteiger partial charge in [-0.15, -0.1) is 12.4 Å². The summed E-state index contributed by atoms with van der Waals surface area (Å²) in [6, 6.07) is 12.3. The lowest BCUT2D eigenvalue weighted by atomic mass is 9.97. The van der Waals surface area contributed by atoms with E-state index in [0.29, 0.717) is 5.92 Å². The summed E-state index contributed by atoms with van der Waals surface area (Å²) in [5.41, 5.74) is 1.37. The van der Waals surface area contributed by atoms with Crippen LogP contribution in [-0.2, 0) is 0 Å². The molecule has 3 heterocycles. The molecule has 1 aromatic heterocycles. The van der Waals surface area contributed by atoms with Crippen LogP contribution in [0.5, 0.6) is 11.5 Å². The molecule has 0 aliphatic carbocycles. The maximum atomic E-state index is 5.80. The van der Waals surface area contributed by atoms with E-state index < -0.39 is 0 Å². The Kier molecular flexibility index (Phi) is 6.22. The summed E-state index contributed by atoms with van der Waals surface area (Å²) >= 11 is 0.